The molecule has 2 heterocycles. The first-order chi connectivity index (χ1) is 8.36. The molecule has 3 rings (SSSR count). The molecule has 3 aromatic rings. The summed E-state index contributed by atoms with van der Waals surface area (Å²) in [6.07, 6.45) is 5.12. The first-order valence-corrected chi connectivity index (χ1v) is 5.37. The van der Waals surface area contributed by atoms with Gasteiger partial charge in [0, 0.05) is 40.6 Å². The summed E-state index contributed by atoms with van der Waals surface area (Å²) in [5, 5.41) is 0.703. The van der Waals surface area contributed by atoms with Crippen molar-refractivity contribution < 1.29 is 0 Å². The molecule has 0 saturated carbocycles. The minimum absolute atomic E-state index is 0.0346. The third-order valence-electron chi connectivity index (χ3n) is 2.76. The zero-order valence-corrected chi connectivity index (χ0v) is 9.05. The molecular weight excluding hydrogens is 212 g/mol. The number of hydrogen-bond acceptors (Lipinski definition) is 2. The maximum atomic E-state index is 12.3. The third kappa shape index (κ3) is 1.61. The van der Waals surface area contributed by atoms with Gasteiger partial charge in [0.15, 0.2) is 5.43 Å². The van der Waals surface area contributed by atoms with Gasteiger partial charge in [-0.05, 0) is 18.2 Å². The van der Waals surface area contributed by atoms with E-state index in [9.17, 15) is 4.79 Å². The number of fused-ring (bicyclic) bond motifs is 1. The van der Waals surface area contributed by atoms with E-state index in [0.717, 1.165) is 11.1 Å². The molecule has 0 spiro atoms. The highest BCUT2D eigenvalue weighted by Crippen LogP contribution is 2.15. The van der Waals surface area contributed by atoms with Crippen molar-refractivity contribution in [1.82, 2.24) is 9.97 Å². The van der Waals surface area contributed by atoms with Gasteiger partial charge in [0.1, 0.15) is 0 Å². The molecule has 0 bridgehead atoms. The van der Waals surface area contributed by atoms with E-state index in [0.29, 0.717) is 10.9 Å². The standard InChI is InChI=1S/C14H10N2O/c17-14-11-5-1-2-6-13(11)16-9-12(14)10-4-3-7-15-8-10/h1-9H,(H,16,17). The lowest BCUT2D eigenvalue weighted by Gasteiger charge is -2.02. The van der Waals surface area contributed by atoms with Crippen LogP contribution in [0.5, 0.6) is 0 Å². The van der Waals surface area contributed by atoms with Crippen molar-refractivity contribution in [3.8, 4) is 11.1 Å². The van der Waals surface area contributed by atoms with Crippen molar-refractivity contribution in [2.24, 2.45) is 0 Å². The van der Waals surface area contributed by atoms with E-state index in [-0.39, 0.29) is 5.43 Å². The van der Waals surface area contributed by atoms with Crippen molar-refractivity contribution in [3.63, 3.8) is 0 Å². The third-order valence-corrected chi connectivity index (χ3v) is 2.76. The van der Waals surface area contributed by atoms with Crippen LogP contribution in [0.4, 0.5) is 0 Å². The Morgan fingerprint density at radius 1 is 1.06 bits per heavy atom. The second-order valence-electron chi connectivity index (χ2n) is 3.82. The van der Waals surface area contributed by atoms with Crippen LogP contribution in [0.25, 0.3) is 22.0 Å². The number of hydrogen-bond donors (Lipinski definition) is 1. The summed E-state index contributed by atoms with van der Waals surface area (Å²) < 4.78 is 0. The van der Waals surface area contributed by atoms with Gasteiger partial charge < -0.3 is 4.98 Å². The Bertz CT molecular complexity index is 717. The van der Waals surface area contributed by atoms with Crippen LogP contribution in [0.3, 0.4) is 0 Å². The van der Waals surface area contributed by atoms with Crippen molar-refractivity contribution in [1.29, 1.82) is 0 Å². The summed E-state index contributed by atoms with van der Waals surface area (Å²) in [7, 11) is 0. The fraction of sp³-hybridized carbons (Fsp3) is 0. The molecule has 0 aliphatic rings. The zero-order chi connectivity index (χ0) is 11.7. The Balaban J connectivity index is 2.33. The Morgan fingerprint density at radius 2 is 1.94 bits per heavy atom. The number of benzene rings is 1. The second-order valence-corrected chi connectivity index (χ2v) is 3.82. The van der Waals surface area contributed by atoms with Gasteiger partial charge in [0.25, 0.3) is 0 Å². The maximum absolute atomic E-state index is 12.3. The Kier molecular flexibility index (Phi) is 2.22. The van der Waals surface area contributed by atoms with Gasteiger partial charge in [0.05, 0.1) is 0 Å². The fourth-order valence-electron chi connectivity index (χ4n) is 1.90. The number of aromatic amines is 1. The predicted octanol–water partition coefficient (Wildman–Crippen LogP) is 2.59. The van der Waals surface area contributed by atoms with Gasteiger partial charge in [-0.25, -0.2) is 0 Å². The number of nitrogens with one attached hydrogen (secondary N) is 1. The molecule has 0 aliphatic carbocycles. The Labute approximate surface area is 97.8 Å². The van der Waals surface area contributed by atoms with Crippen LogP contribution in [-0.4, -0.2) is 9.97 Å². The first kappa shape index (κ1) is 9.78. The molecule has 0 atom stereocenters. The van der Waals surface area contributed by atoms with Gasteiger partial charge >= 0.3 is 0 Å². The van der Waals surface area contributed by atoms with Crippen molar-refractivity contribution in [3.05, 3.63) is 65.2 Å². The monoisotopic (exact) mass is 222 g/mol. The smallest absolute Gasteiger partial charge is 0.197 e. The maximum Gasteiger partial charge on any atom is 0.197 e. The van der Waals surface area contributed by atoms with E-state index in [2.05, 4.69) is 9.97 Å². The molecule has 0 unspecified atom stereocenters. The van der Waals surface area contributed by atoms with Crippen molar-refractivity contribution >= 4 is 10.9 Å². The van der Waals surface area contributed by atoms with Crippen LogP contribution in [0, 0.1) is 0 Å². The topological polar surface area (TPSA) is 45.8 Å². The highest BCUT2D eigenvalue weighted by Gasteiger charge is 2.06. The van der Waals surface area contributed by atoms with Gasteiger partial charge in [-0.2, -0.15) is 0 Å². The van der Waals surface area contributed by atoms with E-state index in [1.165, 1.54) is 0 Å². The number of para-hydroxylation sites is 1. The Hall–Kier alpha value is -2.42. The molecule has 1 aromatic carbocycles. The van der Waals surface area contributed by atoms with Crippen molar-refractivity contribution in [2.75, 3.05) is 0 Å². The average molecular weight is 222 g/mol. The second kappa shape index (κ2) is 3.87. The SMILES string of the molecule is O=c1c(-c2cccnc2)c[nH]c2ccccc12. The minimum atomic E-state index is 0.0346. The van der Waals surface area contributed by atoms with Gasteiger partial charge in [-0.15, -0.1) is 0 Å². The molecule has 0 saturated heterocycles. The first-order valence-electron chi connectivity index (χ1n) is 5.37. The molecule has 3 nitrogen and oxygen atoms in total. The van der Waals surface area contributed by atoms with Crippen LogP contribution < -0.4 is 5.43 Å². The molecule has 2 aromatic heterocycles. The van der Waals surface area contributed by atoms with E-state index < -0.39 is 0 Å². The molecule has 0 radical (unpaired) electrons. The van der Waals surface area contributed by atoms with E-state index >= 15 is 0 Å². The zero-order valence-electron chi connectivity index (χ0n) is 9.05. The van der Waals surface area contributed by atoms with Crippen LogP contribution in [-0.2, 0) is 0 Å². The summed E-state index contributed by atoms with van der Waals surface area (Å²) >= 11 is 0. The molecule has 0 aliphatic heterocycles. The number of aromatic nitrogens is 2. The van der Waals surface area contributed by atoms with Crippen LogP contribution in [0.1, 0.15) is 0 Å². The molecule has 1 N–H and O–H groups in total. The summed E-state index contributed by atoms with van der Waals surface area (Å²) in [4.78, 5) is 19.4. The van der Waals surface area contributed by atoms with Gasteiger partial charge in [-0.3, -0.25) is 9.78 Å². The lowest BCUT2D eigenvalue weighted by atomic mass is 10.1. The lowest BCUT2D eigenvalue weighted by molar-refractivity contribution is 1.31. The van der Waals surface area contributed by atoms with Crippen molar-refractivity contribution in [2.45, 2.75) is 0 Å². The molecule has 0 fully saturated rings. The fourth-order valence-corrected chi connectivity index (χ4v) is 1.90. The largest absolute Gasteiger partial charge is 0.360 e. The van der Waals surface area contributed by atoms with Gasteiger partial charge in [-0.1, -0.05) is 18.2 Å². The highest BCUT2D eigenvalue weighted by atomic mass is 16.1. The number of nitrogens with zero attached hydrogens (tertiary/aromatic N) is 1. The quantitative estimate of drug-likeness (QED) is 0.687. The summed E-state index contributed by atoms with van der Waals surface area (Å²) in [5.41, 5.74) is 2.37. The average Bonchev–Trinajstić information content (AvgIpc) is 2.40. The molecule has 0 amide bonds. The predicted molar refractivity (Wildman–Crippen MR) is 67.8 cm³/mol. The normalized spacial score (nSPS) is 10.6. The number of pyridine rings is 2. The number of H-pyrrole nitrogens is 1. The number of rotatable bonds is 1. The van der Waals surface area contributed by atoms with Crippen LogP contribution >= 0.6 is 0 Å². The summed E-state index contributed by atoms with van der Waals surface area (Å²) in [6.45, 7) is 0. The molecule has 3 heteroatoms. The highest BCUT2D eigenvalue weighted by molar-refractivity contribution is 5.82. The summed E-state index contributed by atoms with van der Waals surface area (Å²) in [6, 6.07) is 11.2. The molecule has 17 heavy (non-hydrogen) atoms. The molecule has 82 valence electrons. The molecular formula is C14H10N2O. The summed E-state index contributed by atoms with van der Waals surface area (Å²) in [5.74, 6) is 0. The lowest BCUT2D eigenvalue weighted by Crippen LogP contribution is -2.06. The van der Waals surface area contributed by atoms with E-state index in [1.54, 1.807) is 18.6 Å². The van der Waals surface area contributed by atoms with Gasteiger partial charge in [0.2, 0.25) is 0 Å². The van der Waals surface area contributed by atoms with E-state index in [1.807, 2.05) is 36.4 Å². The minimum Gasteiger partial charge on any atom is -0.360 e. The Morgan fingerprint density at radius 3 is 2.76 bits per heavy atom. The van der Waals surface area contributed by atoms with Crippen LogP contribution in [0.15, 0.2) is 59.8 Å². The van der Waals surface area contributed by atoms with Crippen LogP contribution in [0.2, 0.25) is 0 Å². The van der Waals surface area contributed by atoms with E-state index in [4.69, 9.17) is 0 Å².